The molecule has 0 aromatic carbocycles. The van der Waals surface area contributed by atoms with E-state index in [4.69, 9.17) is 9.47 Å². The topological polar surface area (TPSA) is 54.0 Å². The van der Waals surface area contributed by atoms with Crippen LogP contribution in [-0.4, -0.2) is 80.0 Å². The standard InChI is InChI=1S/C35H59N3O3/c1-23-8-14-35(40-22-23)24(2)32-30(41-35)21-29-27-7-6-25-20-26(9-12-33(25,3)28(27)10-13-34(29,32)4)36-31(39)11-15-38-18-16-37(5)17-19-38/h23-30,32H,6-22H2,1-5H3,(H,36,39)/t23-,24+,25+,26?,27-,28+,29+,30+,32+,33+,34+,35-/m1/s1. The van der Waals surface area contributed by atoms with Crippen molar-refractivity contribution >= 4 is 5.91 Å². The molecule has 1 unspecified atom stereocenters. The van der Waals surface area contributed by atoms with Crippen LogP contribution in [0.3, 0.4) is 0 Å². The Morgan fingerprint density at radius 3 is 2.44 bits per heavy atom. The van der Waals surface area contributed by atoms with Crippen LogP contribution in [0.25, 0.3) is 0 Å². The average Bonchev–Trinajstić information content (AvgIpc) is 3.40. The van der Waals surface area contributed by atoms with Gasteiger partial charge in [0.1, 0.15) is 0 Å². The molecule has 1 N–H and O–H groups in total. The molecule has 7 aliphatic rings. The minimum absolute atomic E-state index is 0.278. The molecular formula is C35H59N3O3. The molecule has 7 rings (SSSR count). The lowest BCUT2D eigenvalue weighted by Gasteiger charge is -2.61. The zero-order valence-corrected chi connectivity index (χ0v) is 26.8. The lowest BCUT2D eigenvalue weighted by Crippen LogP contribution is -2.56. The number of ether oxygens (including phenoxy) is 2. The number of hydrogen-bond donors (Lipinski definition) is 1. The summed E-state index contributed by atoms with van der Waals surface area (Å²) in [6, 6.07) is 0.382. The molecule has 0 aromatic rings. The molecule has 232 valence electrons. The molecule has 3 saturated heterocycles. The number of carbonyl (C=O) groups excluding carboxylic acids is 1. The van der Waals surface area contributed by atoms with Gasteiger partial charge in [-0.25, -0.2) is 0 Å². The molecule has 1 amide bonds. The van der Waals surface area contributed by atoms with Crippen LogP contribution in [0.2, 0.25) is 0 Å². The van der Waals surface area contributed by atoms with Crippen LogP contribution in [0.4, 0.5) is 0 Å². The first-order valence-corrected chi connectivity index (χ1v) is 17.6. The predicted octanol–water partition coefficient (Wildman–Crippen LogP) is 5.56. The molecular weight excluding hydrogens is 510 g/mol. The molecule has 3 aliphatic heterocycles. The van der Waals surface area contributed by atoms with Gasteiger partial charge >= 0.3 is 0 Å². The van der Waals surface area contributed by atoms with Gasteiger partial charge < -0.3 is 24.6 Å². The van der Waals surface area contributed by atoms with Crippen LogP contribution < -0.4 is 5.32 Å². The highest BCUT2D eigenvalue weighted by Crippen LogP contribution is 2.71. The van der Waals surface area contributed by atoms with E-state index >= 15 is 0 Å². The Balaban J connectivity index is 0.964. The molecule has 6 heteroatoms. The second-order valence-corrected chi connectivity index (χ2v) is 16.6. The van der Waals surface area contributed by atoms with E-state index in [1.165, 1.54) is 57.8 Å². The maximum atomic E-state index is 12.9. The van der Waals surface area contributed by atoms with Crippen molar-refractivity contribution in [2.24, 2.45) is 52.3 Å². The van der Waals surface area contributed by atoms with Crippen molar-refractivity contribution in [1.29, 1.82) is 0 Å². The number of fused-ring (bicyclic) bond motifs is 7. The first-order valence-electron chi connectivity index (χ1n) is 17.6. The van der Waals surface area contributed by atoms with Gasteiger partial charge in [0.25, 0.3) is 0 Å². The lowest BCUT2D eigenvalue weighted by atomic mass is 9.44. The quantitative estimate of drug-likeness (QED) is 0.481. The number of rotatable bonds is 4. The Hall–Kier alpha value is -0.690. The second kappa shape index (κ2) is 10.7. The Kier molecular flexibility index (Phi) is 7.60. The van der Waals surface area contributed by atoms with Crippen molar-refractivity contribution in [3.8, 4) is 0 Å². The average molecular weight is 570 g/mol. The number of nitrogens with zero attached hydrogens (tertiary/aromatic N) is 2. The third kappa shape index (κ3) is 4.84. The molecule has 3 heterocycles. The summed E-state index contributed by atoms with van der Waals surface area (Å²) in [5.74, 6) is 5.09. The first kappa shape index (κ1) is 29.0. The van der Waals surface area contributed by atoms with Crippen LogP contribution in [0.5, 0.6) is 0 Å². The molecule has 4 aliphatic carbocycles. The molecule has 12 atom stereocenters. The van der Waals surface area contributed by atoms with Crippen LogP contribution >= 0.6 is 0 Å². The fraction of sp³-hybridized carbons (Fsp3) is 0.971. The van der Waals surface area contributed by atoms with Gasteiger partial charge in [-0.2, -0.15) is 0 Å². The van der Waals surface area contributed by atoms with Crippen molar-refractivity contribution in [1.82, 2.24) is 15.1 Å². The van der Waals surface area contributed by atoms with Crippen LogP contribution in [-0.2, 0) is 14.3 Å². The summed E-state index contributed by atoms with van der Waals surface area (Å²) in [5.41, 5.74) is 0.846. The van der Waals surface area contributed by atoms with Gasteiger partial charge in [-0.05, 0) is 111 Å². The van der Waals surface area contributed by atoms with Crippen molar-refractivity contribution in [2.45, 2.75) is 116 Å². The fourth-order valence-corrected chi connectivity index (χ4v) is 12.0. The molecule has 0 bridgehead atoms. The van der Waals surface area contributed by atoms with Crippen LogP contribution in [0.15, 0.2) is 0 Å². The van der Waals surface area contributed by atoms with Gasteiger partial charge in [-0.1, -0.05) is 27.7 Å². The molecule has 0 aromatic heterocycles. The van der Waals surface area contributed by atoms with Gasteiger partial charge in [0.05, 0.1) is 12.7 Å². The fourth-order valence-electron chi connectivity index (χ4n) is 12.0. The first-order chi connectivity index (χ1) is 19.6. The molecule has 41 heavy (non-hydrogen) atoms. The van der Waals surface area contributed by atoms with Gasteiger partial charge in [-0.3, -0.25) is 4.79 Å². The SMILES string of the molecule is C[C@@H]1CC[C@@]2(OC1)O[C@H]1C[C@H]3[C@@H]4CC[C@H]5CC(NC(=O)CCN6CCN(C)CC6)CC[C@]5(C)[C@H]4CC[C@]3(C)[C@H]1[C@@H]2C. The number of piperazine rings is 1. The monoisotopic (exact) mass is 569 g/mol. The summed E-state index contributed by atoms with van der Waals surface area (Å²) in [7, 11) is 2.19. The Morgan fingerprint density at radius 1 is 0.902 bits per heavy atom. The summed E-state index contributed by atoms with van der Waals surface area (Å²) in [6.45, 7) is 16.3. The Morgan fingerprint density at radius 2 is 1.68 bits per heavy atom. The maximum Gasteiger partial charge on any atom is 0.221 e. The van der Waals surface area contributed by atoms with Crippen molar-refractivity contribution in [3.05, 3.63) is 0 Å². The summed E-state index contributed by atoms with van der Waals surface area (Å²) in [6.07, 6.45) is 13.8. The van der Waals surface area contributed by atoms with Crippen molar-refractivity contribution in [3.63, 3.8) is 0 Å². The highest BCUT2D eigenvalue weighted by Gasteiger charge is 2.69. The minimum atomic E-state index is -0.302. The Bertz CT molecular complexity index is 974. The smallest absolute Gasteiger partial charge is 0.221 e. The normalized spacial score (nSPS) is 52.0. The van der Waals surface area contributed by atoms with Gasteiger partial charge in [0.15, 0.2) is 5.79 Å². The van der Waals surface area contributed by atoms with E-state index in [0.29, 0.717) is 47.2 Å². The highest BCUT2D eigenvalue weighted by atomic mass is 16.7. The molecule has 4 saturated carbocycles. The zero-order chi connectivity index (χ0) is 28.6. The summed E-state index contributed by atoms with van der Waals surface area (Å²) in [4.78, 5) is 17.8. The number of amides is 1. The van der Waals surface area contributed by atoms with Crippen LogP contribution in [0.1, 0.15) is 98.3 Å². The van der Waals surface area contributed by atoms with E-state index in [0.717, 1.165) is 69.4 Å². The lowest BCUT2D eigenvalue weighted by molar-refractivity contribution is -0.273. The van der Waals surface area contributed by atoms with Gasteiger partial charge in [0, 0.05) is 57.5 Å². The van der Waals surface area contributed by atoms with E-state index in [1.807, 2.05) is 0 Å². The second-order valence-electron chi connectivity index (χ2n) is 16.6. The van der Waals surface area contributed by atoms with Crippen molar-refractivity contribution in [2.75, 3.05) is 46.4 Å². The van der Waals surface area contributed by atoms with Gasteiger partial charge in [-0.15, -0.1) is 0 Å². The van der Waals surface area contributed by atoms with E-state index < -0.39 is 0 Å². The number of nitrogens with one attached hydrogen (secondary N) is 1. The number of hydrogen-bond acceptors (Lipinski definition) is 5. The molecule has 7 fully saturated rings. The maximum absolute atomic E-state index is 12.9. The van der Waals surface area contributed by atoms with Crippen molar-refractivity contribution < 1.29 is 14.3 Å². The number of carbonyl (C=O) groups is 1. The Labute approximate surface area is 250 Å². The summed E-state index contributed by atoms with van der Waals surface area (Å²) >= 11 is 0. The molecule has 1 spiro atoms. The largest absolute Gasteiger partial charge is 0.353 e. The van der Waals surface area contributed by atoms with E-state index in [9.17, 15) is 4.79 Å². The third-order valence-corrected chi connectivity index (χ3v) is 14.5. The highest BCUT2D eigenvalue weighted by molar-refractivity contribution is 5.76. The number of likely N-dealkylation sites (N-methyl/N-ethyl adjacent to an activating group) is 1. The minimum Gasteiger partial charge on any atom is -0.353 e. The molecule has 0 radical (unpaired) electrons. The van der Waals surface area contributed by atoms with E-state index in [-0.39, 0.29) is 11.7 Å². The summed E-state index contributed by atoms with van der Waals surface area (Å²) < 4.78 is 13.5. The van der Waals surface area contributed by atoms with Gasteiger partial charge in [0.2, 0.25) is 5.91 Å². The molecule has 6 nitrogen and oxygen atoms in total. The third-order valence-electron chi connectivity index (χ3n) is 14.5. The predicted molar refractivity (Wildman–Crippen MR) is 162 cm³/mol. The van der Waals surface area contributed by atoms with E-state index in [2.05, 4.69) is 49.9 Å². The van der Waals surface area contributed by atoms with E-state index in [1.54, 1.807) is 0 Å². The van der Waals surface area contributed by atoms with Crippen LogP contribution in [0, 0.1) is 52.3 Å². The summed E-state index contributed by atoms with van der Waals surface area (Å²) in [5, 5.41) is 3.49. The zero-order valence-electron chi connectivity index (χ0n) is 26.8.